The Morgan fingerprint density at radius 2 is 2.24 bits per heavy atom. The van der Waals surface area contributed by atoms with Crippen molar-refractivity contribution in [1.29, 1.82) is 0 Å². The molecule has 17 heavy (non-hydrogen) atoms. The van der Waals surface area contributed by atoms with Gasteiger partial charge in [-0.05, 0) is 13.8 Å². The summed E-state index contributed by atoms with van der Waals surface area (Å²) < 4.78 is 14.0. The van der Waals surface area contributed by atoms with Crippen molar-refractivity contribution in [3.8, 4) is 0 Å². The van der Waals surface area contributed by atoms with Crippen LogP contribution in [0, 0.1) is 0 Å². The maximum absolute atomic E-state index is 14.0. The molecular weight excluding hydrogens is 243 g/mol. The van der Waals surface area contributed by atoms with Crippen LogP contribution < -0.4 is 5.84 Å². The number of nitrogens with two attached hydrogens (primary N) is 1. The lowest BCUT2D eigenvalue weighted by atomic mass is 9.94. The lowest BCUT2D eigenvalue weighted by molar-refractivity contribution is 0.280. The number of nitrogens with zero attached hydrogens (tertiary/aromatic N) is 3. The van der Waals surface area contributed by atoms with Crippen molar-refractivity contribution in [2.75, 3.05) is 7.05 Å². The Labute approximate surface area is 104 Å². The molecule has 0 saturated carbocycles. The van der Waals surface area contributed by atoms with Crippen LogP contribution in [0.25, 0.3) is 0 Å². The van der Waals surface area contributed by atoms with Gasteiger partial charge < -0.3 is 10.7 Å². The topological polar surface area (TPSA) is 54.0 Å². The monoisotopic (exact) mass is 256 g/mol. The van der Waals surface area contributed by atoms with Gasteiger partial charge in [0.2, 0.25) is 0 Å². The van der Waals surface area contributed by atoms with Crippen molar-refractivity contribution >= 4 is 23.1 Å². The summed E-state index contributed by atoms with van der Waals surface area (Å²) in [5.74, 6) is 5.37. The number of hydrazone groups is 1. The van der Waals surface area contributed by atoms with Crippen molar-refractivity contribution in [3.63, 3.8) is 0 Å². The van der Waals surface area contributed by atoms with Crippen LogP contribution in [-0.4, -0.2) is 29.0 Å². The Bertz CT molecular complexity index is 488. The zero-order valence-electron chi connectivity index (χ0n) is 9.96. The molecule has 2 aliphatic rings. The summed E-state index contributed by atoms with van der Waals surface area (Å²) in [4.78, 5) is 6.08. The molecule has 2 rings (SSSR count). The summed E-state index contributed by atoms with van der Waals surface area (Å²) in [6.07, 6.45) is 2.08. The Hall–Kier alpha value is -1.36. The normalized spacial score (nSPS) is 25.7. The van der Waals surface area contributed by atoms with E-state index in [1.165, 1.54) is 0 Å². The summed E-state index contributed by atoms with van der Waals surface area (Å²) in [6.45, 7) is 3.76. The van der Waals surface area contributed by atoms with Gasteiger partial charge in [-0.25, -0.2) is 9.38 Å². The number of amidine groups is 1. The van der Waals surface area contributed by atoms with Gasteiger partial charge in [0.15, 0.2) is 11.7 Å². The predicted molar refractivity (Wildman–Crippen MR) is 67.6 cm³/mol. The number of allylic oxidation sites excluding steroid dienone is 4. The first kappa shape index (κ1) is 12.1. The van der Waals surface area contributed by atoms with E-state index in [0.29, 0.717) is 23.7 Å². The van der Waals surface area contributed by atoms with Crippen LogP contribution in [0.3, 0.4) is 0 Å². The highest BCUT2D eigenvalue weighted by Gasteiger charge is 2.40. The summed E-state index contributed by atoms with van der Waals surface area (Å²) in [5.41, 5.74) is 0.479. The molecule has 0 atom stereocenters. The summed E-state index contributed by atoms with van der Waals surface area (Å²) in [5, 5.41) is 3.81. The van der Waals surface area contributed by atoms with Crippen LogP contribution in [0.15, 0.2) is 32.7 Å². The molecule has 0 radical (unpaired) electrons. The Morgan fingerprint density at radius 3 is 2.82 bits per heavy atom. The first-order chi connectivity index (χ1) is 7.89. The first-order valence-corrected chi connectivity index (χ1v) is 5.63. The average molecular weight is 257 g/mol. The van der Waals surface area contributed by atoms with Crippen LogP contribution in [0.5, 0.6) is 0 Å². The maximum atomic E-state index is 14.0. The van der Waals surface area contributed by atoms with Crippen molar-refractivity contribution in [2.45, 2.75) is 25.8 Å². The Morgan fingerprint density at radius 1 is 1.59 bits per heavy atom. The highest BCUT2D eigenvalue weighted by molar-refractivity contribution is 6.33. The smallest absolute Gasteiger partial charge is 0.173 e. The number of hydrogen-bond donors (Lipinski definition) is 1. The van der Waals surface area contributed by atoms with E-state index in [9.17, 15) is 4.39 Å². The molecule has 1 heterocycles. The van der Waals surface area contributed by atoms with Gasteiger partial charge in [0.1, 0.15) is 0 Å². The fraction of sp³-hybridized carbons (Fsp3) is 0.455. The molecule has 0 aromatic rings. The lowest BCUT2D eigenvalue weighted by Crippen LogP contribution is -2.52. The van der Waals surface area contributed by atoms with E-state index in [2.05, 4.69) is 10.1 Å². The molecule has 6 heteroatoms. The minimum Gasteiger partial charge on any atom is -0.358 e. The van der Waals surface area contributed by atoms with E-state index in [0.717, 1.165) is 0 Å². The summed E-state index contributed by atoms with van der Waals surface area (Å²) >= 11 is 5.81. The second kappa shape index (κ2) is 3.84. The highest BCUT2D eigenvalue weighted by Crippen LogP contribution is 2.35. The van der Waals surface area contributed by atoms with E-state index in [4.69, 9.17) is 17.4 Å². The number of fused-ring (bicyclic) bond motifs is 1. The minimum atomic E-state index is -0.556. The molecule has 1 aliphatic carbocycles. The van der Waals surface area contributed by atoms with E-state index in [1.54, 1.807) is 18.0 Å². The second-order valence-corrected chi connectivity index (χ2v) is 4.96. The molecule has 0 bridgehead atoms. The molecule has 0 fully saturated rings. The SMILES string of the molecule is CN1C2=C(F)C(Cl)=CCC2=NC(=NN)C1(C)C. The van der Waals surface area contributed by atoms with E-state index < -0.39 is 11.4 Å². The molecule has 0 aromatic heterocycles. The van der Waals surface area contributed by atoms with Crippen LogP contribution in [-0.2, 0) is 0 Å². The van der Waals surface area contributed by atoms with Crippen molar-refractivity contribution in [2.24, 2.45) is 15.9 Å². The molecule has 0 unspecified atom stereocenters. The number of rotatable bonds is 0. The zero-order valence-corrected chi connectivity index (χ0v) is 10.7. The molecular formula is C11H14ClFN4. The number of hydrogen-bond acceptors (Lipinski definition) is 3. The summed E-state index contributed by atoms with van der Waals surface area (Å²) in [7, 11) is 1.78. The summed E-state index contributed by atoms with van der Waals surface area (Å²) in [6, 6.07) is 0. The van der Waals surface area contributed by atoms with E-state index >= 15 is 0 Å². The minimum absolute atomic E-state index is 0.134. The van der Waals surface area contributed by atoms with Crippen molar-refractivity contribution in [1.82, 2.24) is 4.90 Å². The van der Waals surface area contributed by atoms with E-state index in [1.807, 2.05) is 13.8 Å². The number of aliphatic imine (C=N–C) groups is 1. The van der Waals surface area contributed by atoms with Crippen LogP contribution in [0.4, 0.5) is 4.39 Å². The molecule has 4 nitrogen and oxygen atoms in total. The average Bonchev–Trinajstić information content (AvgIpc) is 2.28. The van der Waals surface area contributed by atoms with Gasteiger partial charge in [0.05, 0.1) is 22.0 Å². The van der Waals surface area contributed by atoms with Crippen molar-refractivity contribution in [3.05, 3.63) is 22.6 Å². The third-order valence-corrected chi connectivity index (χ3v) is 3.57. The molecule has 0 aromatic carbocycles. The van der Waals surface area contributed by atoms with Gasteiger partial charge >= 0.3 is 0 Å². The van der Waals surface area contributed by atoms with E-state index in [-0.39, 0.29) is 5.03 Å². The molecule has 0 saturated heterocycles. The Balaban J connectivity index is 2.64. The molecule has 2 N–H and O–H groups in total. The predicted octanol–water partition coefficient (Wildman–Crippen LogP) is 2.13. The van der Waals surface area contributed by atoms with Crippen LogP contribution in [0.1, 0.15) is 20.3 Å². The van der Waals surface area contributed by atoms with Gasteiger partial charge in [0.25, 0.3) is 0 Å². The Kier molecular flexibility index (Phi) is 2.73. The number of likely N-dealkylation sites (N-methyl/N-ethyl adjacent to an activating group) is 1. The fourth-order valence-corrected chi connectivity index (χ4v) is 2.10. The van der Waals surface area contributed by atoms with Crippen LogP contribution >= 0.6 is 11.6 Å². The third-order valence-electron chi connectivity index (χ3n) is 3.25. The number of halogens is 2. The molecule has 1 aliphatic heterocycles. The quantitative estimate of drug-likeness (QED) is 0.533. The molecule has 0 amide bonds. The van der Waals surface area contributed by atoms with Gasteiger partial charge in [-0.1, -0.05) is 17.7 Å². The molecule has 92 valence electrons. The third kappa shape index (κ3) is 1.65. The maximum Gasteiger partial charge on any atom is 0.173 e. The van der Waals surface area contributed by atoms with Gasteiger partial charge in [-0.15, -0.1) is 0 Å². The lowest BCUT2D eigenvalue weighted by Gasteiger charge is -2.42. The van der Waals surface area contributed by atoms with Gasteiger partial charge in [-0.3, -0.25) is 0 Å². The van der Waals surface area contributed by atoms with Gasteiger partial charge in [-0.2, -0.15) is 5.10 Å². The fourth-order valence-electron chi connectivity index (χ4n) is 1.93. The standard InChI is InChI=1S/C11H14ClFN4/c1-11(2)10(16-14)15-7-5-4-6(12)8(13)9(7)17(11)3/h4H,5,14H2,1-3H3. The molecule has 0 spiro atoms. The van der Waals surface area contributed by atoms with Gasteiger partial charge in [0, 0.05) is 13.5 Å². The first-order valence-electron chi connectivity index (χ1n) is 5.25. The second-order valence-electron chi connectivity index (χ2n) is 4.55. The highest BCUT2D eigenvalue weighted by atomic mass is 35.5. The zero-order chi connectivity index (χ0) is 12.8. The van der Waals surface area contributed by atoms with Crippen LogP contribution in [0.2, 0.25) is 0 Å². The largest absolute Gasteiger partial charge is 0.358 e. The van der Waals surface area contributed by atoms with Crippen molar-refractivity contribution < 1.29 is 4.39 Å².